The molecule has 122 valence electrons. The molecule has 1 aromatic carbocycles. The third-order valence-corrected chi connectivity index (χ3v) is 4.30. The molecule has 1 fully saturated rings. The smallest absolute Gasteiger partial charge is 0.319 e. The summed E-state index contributed by atoms with van der Waals surface area (Å²) in [6.07, 6.45) is 6.04. The monoisotopic (exact) mass is 314 g/mol. The average molecular weight is 314 g/mol. The van der Waals surface area contributed by atoms with E-state index in [0.29, 0.717) is 17.6 Å². The van der Waals surface area contributed by atoms with Gasteiger partial charge in [0.2, 0.25) is 0 Å². The molecular weight excluding hydrogens is 292 g/mol. The lowest BCUT2D eigenvalue weighted by Gasteiger charge is -2.15. The second-order valence-electron chi connectivity index (χ2n) is 6.20. The van der Waals surface area contributed by atoms with Crippen LogP contribution in [0.1, 0.15) is 44.3 Å². The Morgan fingerprint density at radius 2 is 2.17 bits per heavy atom. The number of aromatic hydroxyl groups is 1. The van der Waals surface area contributed by atoms with Crippen LogP contribution in [0.2, 0.25) is 0 Å². The molecule has 0 aliphatic heterocycles. The number of rotatable bonds is 5. The van der Waals surface area contributed by atoms with E-state index in [0.717, 1.165) is 5.56 Å². The second kappa shape index (κ2) is 6.32. The zero-order valence-electron chi connectivity index (χ0n) is 13.4. The van der Waals surface area contributed by atoms with Gasteiger partial charge in [-0.2, -0.15) is 5.10 Å². The summed E-state index contributed by atoms with van der Waals surface area (Å²) in [6.45, 7) is 4.02. The first kappa shape index (κ1) is 15.4. The van der Waals surface area contributed by atoms with Crippen molar-refractivity contribution in [2.75, 3.05) is 5.32 Å². The second-order valence-corrected chi connectivity index (χ2v) is 6.20. The third kappa shape index (κ3) is 3.83. The summed E-state index contributed by atoms with van der Waals surface area (Å²) in [7, 11) is 0. The Labute approximate surface area is 135 Å². The van der Waals surface area contributed by atoms with Gasteiger partial charge in [0.25, 0.3) is 0 Å². The molecule has 6 nitrogen and oxygen atoms in total. The largest absolute Gasteiger partial charge is 0.508 e. The van der Waals surface area contributed by atoms with E-state index in [4.69, 9.17) is 0 Å². The lowest BCUT2D eigenvalue weighted by molar-refractivity contribution is 0.249. The SMILES string of the molecule is CC(C1CC1)n1cc(NC(=O)N[C@@H](C)c2cccc(O)c2)cn1. The molecule has 1 heterocycles. The maximum absolute atomic E-state index is 12.1. The molecule has 0 saturated heterocycles. The Kier molecular flexibility index (Phi) is 4.23. The minimum Gasteiger partial charge on any atom is -0.508 e. The van der Waals surface area contributed by atoms with Gasteiger partial charge < -0.3 is 15.7 Å². The fourth-order valence-electron chi connectivity index (χ4n) is 2.66. The Hall–Kier alpha value is -2.50. The van der Waals surface area contributed by atoms with E-state index < -0.39 is 0 Å². The summed E-state index contributed by atoms with van der Waals surface area (Å²) in [4.78, 5) is 12.1. The predicted octanol–water partition coefficient (Wildman–Crippen LogP) is 3.44. The first-order valence-corrected chi connectivity index (χ1v) is 7.93. The highest BCUT2D eigenvalue weighted by Crippen LogP contribution is 2.39. The zero-order chi connectivity index (χ0) is 16.4. The molecule has 0 bridgehead atoms. The minimum absolute atomic E-state index is 0.187. The molecule has 1 aliphatic rings. The molecule has 1 saturated carbocycles. The highest BCUT2D eigenvalue weighted by molar-refractivity contribution is 5.89. The number of aromatic nitrogens is 2. The Morgan fingerprint density at radius 1 is 1.39 bits per heavy atom. The lowest BCUT2D eigenvalue weighted by atomic mass is 10.1. The maximum Gasteiger partial charge on any atom is 0.319 e. The van der Waals surface area contributed by atoms with Crippen LogP contribution < -0.4 is 10.6 Å². The van der Waals surface area contributed by atoms with E-state index >= 15 is 0 Å². The molecular formula is C17H22N4O2. The van der Waals surface area contributed by atoms with Crippen molar-refractivity contribution in [3.63, 3.8) is 0 Å². The Bertz CT molecular complexity index is 693. The van der Waals surface area contributed by atoms with Crippen LogP contribution in [0, 0.1) is 5.92 Å². The van der Waals surface area contributed by atoms with E-state index in [2.05, 4.69) is 22.7 Å². The normalized spacial score (nSPS) is 16.6. The summed E-state index contributed by atoms with van der Waals surface area (Å²) in [5, 5.41) is 19.5. The molecule has 0 radical (unpaired) electrons. The van der Waals surface area contributed by atoms with Crippen molar-refractivity contribution in [2.24, 2.45) is 5.92 Å². The summed E-state index contributed by atoms with van der Waals surface area (Å²) < 4.78 is 1.91. The van der Waals surface area contributed by atoms with Crippen LogP contribution in [0.5, 0.6) is 5.75 Å². The van der Waals surface area contributed by atoms with Gasteiger partial charge in [0.1, 0.15) is 5.75 Å². The molecule has 2 atom stereocenters. The third-order valence-electron chi connectivity index (χ3n) is 4.30. The molecule has 1 aliphatic carbocycles. The van der Waals surface area contributed by atoms with Crippen LogP contribution in [0.4, 0.5) is 10.5 Å². The number of hydrogen-bond acceptors (Lipinski definition) is 3. The molecule has 3 N–H and O–H groups in total. The number of phenols is 1. The fraction of sp³-hybridized carbons (Fsp3) is 0.412. The van der Waals surface area contributed by atoms with Crippen molar-refractivity contribution in [1.29, 1.82) is 0 Å². The zero-order valence-corrected chi connectivity index (χ0v) is 13.4. The van der Waals surface area contributed by atoms with Crippen molar-refractivity contribution < 1.29 is 9.90 Å². The highest BCUT2D eigenvalue weighted by atomic mass is 16.3. The predicted molar refractivity (Wildman–Crippen MR) is 88.3 cm³/mol. The number of nitrogens with one attached hydrogen (secondary N) is 2. The van der Waals surface area contributed by atoms with Crippen molar-refractivity contribution in [3.8, 4) is 5.75 Å². The minimum atomic E-state index is -0.292. The highest BCUT2D eigenvalue weighted by Gasteiger charge is 2.29. The van der Waals surface area contributed by atoms with E-state index in [1.807, 2.05) is 23.9 Å². The fourth-order valence-corrected chi connectivity index (χ4v) is 2.66. The van der Waals surface area contributed by atoms with Gasteiger partial charge in [0.15, 0.2) is 0 Å². The molecule has 1 aromatic heterocycles. The van der Waals surface area contributed by atoms with Crippen LogP contribution in [0.25, 0.3) is 0 Å². The quantitative estimate of drug-likeness (QED) is 0.791. The first-order valence-electron chi connectivity index (χ1n) is 7.93. The Morgan fingerprint density at radius 3 is 2.87 bits per heavy atom. The molecule has 2 aromatic rings. The maximum atomic E-state index is 12.1. The molecule has 3 rings (SSSR count). The molecule has 2 amide bonds. The van der Waals surface area contributed by atoms with Gasteiger partial charge in [-0.15, -0.1) is 0 Å². The Balaban J connectivity index is 1.56. The van der Waals surface area contributed by atoms with Gasteiger partial charge in [-0.05, 0) is 50.3 Å². The van der Waals surface area contributed by atoms with Crippen molar-refractivity contribution in [1.82, 2.24) is 15.1 Å². The van der Waals surface area contributed by atoms with Gasteiger partial charge in [-0.25, -0.2) is 4.79 Å². The van der Waals surface area contributed by atoms with Crippen LogP contribution in [-0.4, -0.2) is 20.9 Å². The van der Waals surface area contributed by atoms with Gasteiger partial charge >= 0.3 is 6.03 Å². The van der Waals surface area contributed by atoms with Gasteiger partial charge in [-0.1, -0.05) is 12.1 Å². The molecule has 6 heteroatoms. The van der Waals surface area contributed by atoms with E-state index in [1.54, 1.807) is 24.4 Å². The summed E-state index contributed by atoms with van der Waals surface area (Å²) in [5.41, 5.74) is 1.52. The standard InChI is InChI=1S/C17H22N4O2/c1-11(14-4-3-5-16(22)8-14)19-17(23)20-15-9-18-21(10-15)12(2)13-6-7-13/h3-5,8-13,22H,6-7H2,1-2H3,(H2,19,20,23)/t11-,12?/m0/s1. The number of nitrogens with zero attached hydrogens (tertiary/aromatic N) is 2. The van der Waals surface area contributed by atoms with E-state index in [-0.39, 0.29) is 17.8 Å². The summed E-state index contributed by atoms with van der Waals surface area (Å²) in [6, 6.07) is 6.73. The number of hydrogen-bond donors (Lipinski definition) is 3. The van der Waals surface area contributed by atoms with Crippen LogP contribution in [0.3, 0.4) is 0 Å². The van der Waals surface area contributed by atoms with Crippen LogP contribution >= 0.6 is 0 Å². The van der Waals surface area contributed by atoms with Gasteiger partial charge in [-0.3, -0.25) is 4.68 Å². The van der Waals surface area contributed by atoms with Crippen molar-refractivity contribution >= 4 is 11.7 Å². The average Bonchev–Trinajstić information content (AvgIpc) is 3.26. The van der Waals surface area contributed by atoms with Crippen LogP contribution in [0.15, 0.2) is 36.7 Å². The number of carbonyl (C=O) groups excluding carboxylic acids is 1. The van der Waals surface area contributed by atoms with Gasteiger partial charge in [0.05, 0.1) is 24.0 Å². The van der Waals surface area contributed by atoms with E-state index in [9.17, 15) is 9.90 Å². The van der Waals surface area contributed by atoms with Crippen LogP contribution in [-0.2, 0) is 0 Å². The molecule has 0 spiro atoms. The number of urea groups is 1. The summed E-state index contributed by atoms with van der Waals surface area (Å²) >= 11 is 0. The number of amides is 2. The van der Waals surface area contributed by atoms with Crippen molar-refractivity contribution in [2.45, 2.75) is 38.8 Å². The summed E-state index contributed by atoms with van der Waals surface area (Å²) in [5.74, 6) is 0.897. The van der Waals surface area contributed by atoms with Gasteiger partial charge in [0, 0.05) is 6.20 Å². The first-order chi connectivity index (χ1) is 11.0. The van der Waals surface area contributed by atoms with Crippen molar-refractivity contribution in [3.05, 3.63) is 42.2 Å². The molecule has 23 heavy (non-hydrogen) atoms. The number of carbonyl (C=O) groups is 1. The number of anilines is 1. The lowest BCUT2D eigenvalue weighted by Crippen LogP contribution is -2.31. The molecule has 1 unspecified atom stereocenters. The number of phenolic OH excluding ortho intramolecular Hbond substituents is 1. The topological polar surface area (TPSA) is 79.2 Å². The van der Waals surface area contributed by atoms with E-state index in [1.165, 1.54) is 12.8 Å². The number of benzene rings is 1.